The standard InChI is InChI=1S/C33H34N4O2S4/c1-4-6-8-10-28-29(11-9-7-5-2)42-33(41-28)32-40-22(3)30(43-32)21-39-31(38)15-13-24-16-23(25(17-34)18-35)12-14-27(24)26(19-36)20-37/h12,14,16H,4-11,13,15,21H2,1-3H3. The van der Waals surface area contributed by atoms with Gasteiger partial charge >= 0.3 is 5.97 Å². The van der Waals surface area contributed by atoms with E-state index in [1.165, 1.54) is 62.9 Å². The van der Waals surface area contributed by atoms with E-state index in [-0.39, 0.29) is 30.6 Å². The fourth-order valence-electron chi connectivity index (χ4n) is 4.46. The quantitative estimate of drug-likeness (QED) is 0.153. The average molecular weight is 647 g/mol. The minimum absolute atomic E-state index is 0.0327. The molecule has 1 aromatic carbocycles. The Morgan fingerprint density at radius 2 is 1.30 bits per heavy atom. The van der Waals surface area contributed by atoms with Crippen LogP contribution in [0.15, 0.2) is 46.3 Å². The zero-order valence-electron chi connectivity index (χ0n) is 24.7. The first-order chi connectivity index (χ1) is 20.9. The number of thioether (sulfide) groups is 4. The van der Waals surface area contributed by atoms with Gasteiger partial charge < -0.3 is 4.74 Å². The molecule has 0 saturated heterocycles. The van der Waals surface area contributed by atoms with E-state index in [0.717, 1.165) is 22.7 Å². The summed E-state index contributed by atoms with van der Waals surface area (Å²) in [6.07, 6.45) is 9.93. The molecule has 6 nitrogen and oxygen atoms in total. The number of rotatable bonds is 13. The number of hydrogen-bond acceptors (Lipinski definition) is 10. The van der Waals surface area contributed by atoms with Crippen LogP contribution >= 0.6 is 47.0 Å². The molecule has 1 aromatic rings. The van der Waals surface area contributed by atoms with Crippen molar-refractivity contribution in [2.24, 2.45) is 0 Å². The average Bonchev–Trinajstić information content (AvgIpc) is 3.60. The van der Waals surface area contributed by atoms with Gasteiger partial charge in [-0.15, -0.1) is 0 Å². The summed E-state index contributed by atoms with van der Waals surface area (Å²) in [5.74, 6) is -0.397. The minimum atomic E-state index is -0.397. The summed E-state index contributed by atoms with van der Waals surface area (Å²) < 4.78 is 8.25. The molecule has 0 fully saturated rings. The highest BCUT2D eigenvalue weighted by Crippen LogP contribution is 2.61. The first kappa shape index (κ1) is 34.5. The molecule has 0 saturated carbocycles. The monoisotopic (exact) mass is 646 g/mol. The Morgan fingerprint density at radius 3 is 1.86 bits per heavy atom. The molecule has 0 spiro atoms. The number of esters is 1. The van der Waals surface area contributed by atoms with E-state index < -0.39 is 5.97 Å². The lowest BCUT2D eigenvalue weighted by molar-refractivity contribution is -0.142. The Hall–Kier alpha value is -2.99. The molecule has 10 heteroatoms. The third kappa shape index (κ3) is 9.76. The number of aryl methyl sites for hydroxylation is 1. The number of hydrogen-bond donors (Lipinski definition) is 0. The Labute approximate surface area is 271 Å². The highest BCUT2D eigenvalue weighted by Gasteiger charge is 2.28. The van der Waals surface area contributed by atoms with Gasteiger partial charge in [0.2, 0.25) is 0 Å². The van der Waals surface area contributed by atoms with Gasteiger partial charge in [0.05, 0.1) is 8.47 Å². The zero-order chi connectivity index (χ0) is 31.2. The van der Waals surface area contributed by atoms with Gasteiger partial charge in [0.15, 0.2) is 0 Å². The molecule has 0 atom stereocenters. The number of benzene rings is 1. The third-order valence-electron chi connectivity index (χ3n) is 6.85. The number of nitrogens with zero attached hydrogens (tertiary/aromatic N) is 4. The van der Waals surface area contributed by atoms with Crippen molar-refractivity contribution in [3.05, 3.63) is 62.3 Å². The molecule has 0 aromatic heterocycles. The van der Waals surface area contributed by atoms with E-state index in [1.807, 2.05) is 47.8 Å². The second-order valence-corrected chi connectivity index (χ2v) is 15.0. The smallest absolute Gasteiger partial charge is 0.306 e. The van der Waals surface area contributed by atoms with Crippen LogP contribution in [0.5, 0.6) is 0 Å². The molecule has 2 aliphatic rings. The zero-order valence-corrected chi connectivity index (χ0v) is 28.0. The van der Waals surface area contributed by atoms with Crippen LogP contribution in [0, 0.1) is 45.3 Å². The van der Waals surface area contributed by atoms with Crippen molar-refractivity contribution in [1.82, 2.24) is 0 Å². The number of allylic oxidation sites excluding steroid dienone is 3. The SMILES string of the molecule is CCCCCC1=C(CCCCC)SC(=C2SC(C)=C(COC(=O)CCc3cc(=C(C#N)C#N)ccc3=C(C#N)C#N)S2)S1. The van der Waals surface area contributed by atoms with Crippen molar-refractivity contribution < 1.29 is 9.53 Å². The highest BCUT2D eigenvalue weighted by molar-refractivity contribution is 8.34. The van der Waals surface area contributed by atoms with Crippen molar-refractivity contribution in [3.8, 4) is 24.3 Å². The molecule has 0 radical (unpaired) electrons. The largest absolute Gasteiger partial charge is 0.460 e. The Morgan fingerprint density at radius 1 is 0.744 bits per heavy atom. The van der Waals surface area contributed by atoms with E-state index in [1.54, 1.807) is 35.7 Å². The van der Waals surface area contributed by atoms with Crippen LogP contribution in [0.1, 0.15) is 84.1 Å². The van der Waals surface area contributed by atoms with Crippen molar-refractivity contribution in [2.75, 3.05) is 6.61 Å². The first-order valence-electron chi connectivity index (χ1n) is 14.4. The van der Waals surface area contributed by atoms with Gasteiger partial charge in [0, 0.05) is 36.5 Å². The number of ether oxygens (including phenoxy) is 1. The number of carbonyl (C=O) groups is 1. The molecule has 3 rings (SSSR count). The van der Waals surface area contributed by atoms with Gasteiger partial charge in [0.25, 0.3) is 0 Å². The number of carbonyl (C=O) groups excluding carboxylic acids is 1. The fraction of sp³-hybridized carbons (Fsp3) is 0.424. The van der Waals surface area contributed by atoms with Crippen LogP contribution in [0.2, 0.25) is 0 Å². The topological polar surface area (TPSA) is 121 Å². The maximum Gasteiger partial charge on any atom is 0.306 e. The summed E-state index contributed by atoms with van der Waals surface area (Å²) in [5, 5.41) is 38.0. The second-order valence-electron chi connectivity index (χ2n) is 9.95. The van der Waals surface area contributed by atoms with Crippen LogP contribution in [-0.4, -0.2) is 12.6 Å². The van der Waals surface area contributed by atoms with E-state index in [0.29, 0.717) is 16.0 Å². The number of unbranched alkanes of at least 4 members (excludes halogenated alkanes) is 4. The van der Waals surface area contributed by atoms with Gasteiger partial charge in [-0.2, -0.15) is 21.0 Å². The van der Waals surface area contributed by atoms with Gasteiger partial charge in [-0.05, 0) is 50.7 Å². The van der Waals surface area contributed by atoms with E-state index in [2.05, 4.69) is 20.8 Å². The van der Waals surface area contributed by atoms with Crippen LogP contribution in [0.4, 0.5) is 0 Å². The first-order valence-corrected chi connectivity index (χ1v) is 17.7. The molecule has 0 amide bonds. The Bertz CT molecular complexity index is 1570. The van der Waals surface area contributed by atoms with Crippen LogP contribution in [0.3, 0.4) is 0 Å². The van der Waals surface area contributed by atoms with Crippen LogP contribution in [-0.2, 0) is 16.0 Å². The van der Waals surface area contributed by atoms with Gasteiger partial charge in [0.1, 0.15) is 42.0 Å². The summed E-state index contributed by atoms with van der Waals surface area (Å²) in [6.45, 7) is 6.73. The van der Waals surface area contributed by atoms with Crippen molar-refractivity contribution in [1.29, 1.82) is 21.0 Å². The van der Waals surface area contributed by atoms with Gasteiger partial charge in [-0.3, -0.25) is 4.79 Å². The van der Waals surface area contributed by atoms with Gasteiger partial charge in [-0.25, -0.2) is 0 Å². The Kier molecular flexibility index (Phi) is 14.4. The lowest BCUT2D eigenvalue weighted by Crippen LogP contribution is -2.20. The van der Waals surface area contributed by atoms with Crippen molar-refractivity contribution >= 4 is 64.2 Å². The summed E-state index contributed by atoms with van der Waals surface area (Å²) in [5.41, 5.74) is 0.366. The minimum Gasteiger partial charge on any atom is -0.460 e. The summed E-state index contributed by atoms with van der Waals surface area (Å²) in [6, 6.07) is 12.1. The molecule has 43 heavy (non-hydrogen) atoms. The predicted molar refractivity (Wildman–Crippen MR) is 180 cm³/mol. The van der Waals surface area contributed by atoms with Crippen molar-refractivity contribution in [2.45, 2.75) is 85.0 Å². The number of nitriles is 4. The molecule has 0 N–H and O–H groups in total. The third-order valence-corrected chi connectivity index (χ3v) is 12.8. The summed E-state index contributed by atoms with van der Waals surface area (Å²) in [7, 11) is 0. The van der Waals surface area contributed by atoms with Crippen LogP contribution < -0.4 is 10.4 Å². The van der Waals surface area contributed by atoms with Crippen LogP contribution in [0.25, 0.3) is 11.1 Å². The van der Waals surface area contributed by atoms with E-state index in [9.17, 15) is 25.8 Å². The summed E-state index contributed by atoms with van der Waals surface area (Å²) >= 11 is 7.31. The van der Waals surface area contributed by atoms with E-state index in [4.69, 9.17) is 4.74 Å². The van der Waals surface area contributed by atoms with Crippen molar-refractivity contribution in [3.63, 3.8) is 0 Å². The fourth-order valence-corrected chi connectivity index (χ4v) is 10.2. The normalized spacial score (nSPS) is 14.3. The lowest BCUT2D eigenvalue weighted by atomic mass is 10.0. The predicted octanol–water partition coefficient (Wildman–Crippen LogP) is 8.25. The summed E-state index contributed by atoms with van der Waals surface area (Å²) in [4.78, 5) is 18.0. The van der Waals surface area contributed by atoms with E-state index >= 15 is 0 Å². The molecular weight excluding hydrogens is 613 g/mol. The molecule has 222 valence electrons. The maximum atomic E-state index is 12.8. The highest BCUT2D eigenvalue weighted by atomic mass is 32.2. The molecule has 2 aliphatic heterocycles. The maximum absolute atomic E-state index is 12.8. The Balaban J connectivity index is 1.65. The second kappa shape index (κ2) is 18.0. The molecule has 0 aliphatic carbocycles. The lowest BCUT2D eigenvalue weighted by Gasteiger charge is -2.07. The molecular formula is C33H34N4O2S4. The van der Waals surface area contributed by atoms with Gasteiger partial charge in [-0.1, -0.05) is 98.7 Å². The molecule has 0 bridgehead atoms. The molecule has 0 unspecified atom stereocenters. The molecule has 2 heterocycles.